The van der Waals surface area contributed by atoms with Crippen molar-refractivity contribution in [3.63, 3.8) is 0 Å². The third-order valence-corrected chi connectivity index (χ3v) is 13.8. The van der Waals surface area contributed by atoms with Crippen molar-refractivity contribution in [3.05, 3.63) is 12.2 Å². The lowest BCUT2D eigenvalue weighted by molar-refractivity contribution is -0.167. The zero-order chi connectivity index (χ0) is 48.6. The van der Waals surface area contributed by atoms with Crippen LogP contribution in [0.4, 0.5) is 0 Å². The summed E-state index contributed by atoms with van der Waals surface area (Å²) in [4.78, 5) is 38.1. The van der Waals surface area contributed by atoms with Gasteiger partial charge in [-0.05, 0) is 38.5 Å². The second kappa shape index (κ2) is 56.7. The molecule has 6 heteroatoms. The summed E-state index contributed by atoms with van der Waals surface area (Å²) in [5.41, 5.74) is 0. The lowest BCUT2D eigenvalue weighted by Gasteiger charge is -2.18. The van der Waals surface area contributed by atoms with E-state index in [1.807, 2.05) is 0 Å². The molecular weight excluding hydrogens is 829 g/mol. The predicted molar refractivity (Wildman–Crippen MR) is 289 cm³/mol. The molecule has 0 aliphatic carbocycles. The summed E-state index contributed by atoms with van der Waals surface area (Å²) in [5.74, 6) is -0.850. The first kappa shape index (κ1) is 65.1. The summed E-state index contributed by atoms with van der Waals surface area (Å²) >= 11 is 0. The van der Waals surface area contributed by atoms with Crippen LogP contribution in [0.15, 0.2) is 12.2 Å². The molecule has 0 heterocycles. The van der Waals surface area contributed by atoms with E-state index < -0.39 is 6.10 Å². The molecule has 0 saturated heterocycles. The highest BCUT2D eigenvalue weighted by molar-refractivity contribution is 5.71. The van der Waals surface area contributed by atoms with Crippen LogP contribution in [0, 0.1) is 0 Å². The van der Waals surface area contributed by atoms with Gasteiger partial charge >= 0.3 is 17.9 Å². The van der Waals surface area contributed by atoms with E-state index in [1.54, 1.807) is 0 Å². The van der Waals surface area contributed by atoms with E-state index in [0.717, 1.165) is 64.2 Å². The molecule has 0 aliphatic rings. The van der Waals surface area contributed by atoms with Gasteiger partial charge < -0.3 is 14.2 Å². The third-order valence-electron chi connectivity index (χ3n) is 13.8. The summed E-state index contributed by atoms with van der Waals surface area (Å²) < 4.78 is 16.9. The highest BCUT2D eigenvalue weighted by Crippen LogP contribution is 2.18. The molecule has 0 bridgehead atoms. The van der Waals surface area contributed by atoms with Crippen LogP contribution in [0.3, 0.4) is 0 Å². The minimum absolute atomic E-state index is 0.0664. The largest absolute Gasteiger partial charge is 0.462 e. The molecular formula is C61H116O6. The van der Waals surface area contributed by atoms with Crippen molar-refractivity contribution < 1.29 is 28.6 Å². The number of hydrogen-bond donors (Lipinski definition) is 0. The topological polar surface area (TPSA) is 78.9 Å². The van der Waals surface area contributed by atoms with Gasteiger partial charge in [0, 0.05) is 19.3 Å². The van der Waals surface area contributed by atoms with E-state index in [1.165, 1.54) is 238 Å². The highest BCUT2D eigenvalue weighted by atomic mass is 16.6. The number of allylic oxidation sites excluding steroid dienone is 2. The Bertz CT molecular complexity index is 1040. The van der Waals surface area contributed by atoms with Crippen LogP contribution >= 0.6 is 0 Å². The molecule has 0 aromatic rings. The predicted octanol–water partition coefficient (Wildman–Crippen LogP) is 20.1. The second-order valence-electron chi connectivity index (χ2n) is 20.6. The Morgan fingerprint density at radius 2 is 0.507 bits per heavy atom. The summed E-state index contributed by atoms with van der Waals surface area (Å²) in [6.45, 7) is 6.66. The zero-order valence-corrected chi connectivity index (χ0v) is 45.5. The third kappa shape index (κ3) is 55.0. The van der Waals surface area contributed by atoms with Gasteiger partial charge in [-0.2, -0.15) is 0 Å². The Morgan fingerprint density at radius 1 is 0.284 bits per heavy atom. The molecule has 0 aliphatic heterocycles. The summed E-state index contributed by atoms with van der Waals surface area (Å²) in [6, 6.07) is 0. The van der Waals surface area contributed by atoms with Crippen molar-refractivity contribution in [2.75, 3.05) is 13.2 Å². The van der Waals surface area contributed by atoms with E-state index in [-0.39, 0.29) is 31.1 Å². The van der Waals surface area contributed by atoms with Crippen molar-refractivity contribution in [3.8, 4) is 0 Å². The van der Waals surface area contributed by atoms with Crippen LogP contribution in [0.5, 0.6) is 0 Å². The molecule has 0 aromatic heterocycles. The van der Waals surface area contributed by atoms with Crippen molar-refractivity contribution in [1.82, 2.24) is 0 Å². The van der Waals surface area contributed by atoms with Gasteiger partial charge in [0.15, 0.2) is 6.10 Å². The summed E-state index contributed by atoms with van der Waals surface area (Å²) in [7, 11) is 0. The maximum Gasteiger partial charge on any atom is 0.306 e. The number of esters is 3. The van der Waals surface area contributed by atoms with Crippen LogP contribution in [0.25, 0.3) is 0 Å². The minimum Gasteiger partial charge on any atom is -0.462 e. The summed E-state index contributed by atoms with van der Waals surface area (Å²) in [6.07, 6.45) is 65.0. The number of carbonyl (C=O) groups excluding carboxylic acids is 3. The molecule has 0 N–H and O–H groups in total. The number of rotatable bonds is 56. The Morgan fingerprint density at radius 3 is 0.791 bits per heavy atom. The van der Waals surface area contributed by atoms with E-state index in [2.05, 4.69) is 32.9 Å². The maximum atomic E-state index is 12.9. The van der Waals surface area contributed by atoms with Gasteiger partial charge in [-0.25, -0.2) is 0 Å². The van der Waals surface area contributed by atoms with Crippen molar-refractivity contribution in [2.45, 2.75) is 348 Å². The molecule has 0 radical (unpaired) electrons. The normalized spacial score (nSPS) is 12.0. The van der Waals surface area contributed by atoms with Gasteiger partial charge in [0.1, 0.15) is 13.2 Å². The smallest absolute Gasteiger partial charge is 0.306 e. The van der Waals surface area contributed by atoms with Crippen molar-refractivity contribution in [1.29, 1.82) is 0 Å². The van der Waals surface area contributed by atoms with E-state index >= 15 is 0 Å². The molecule has 396 valence electrons. The molecule has 0 rings (SSSR count). The average molecular weight is 946 g/mol. The molecule has 0 fully saturated rings. The Kier molecular flexibility index (Phi) is 55.2. The number of ether oxygens (including phenoxy) is 3. The lowest BCUT2D eigenvalue weighted by Crippen LogP contribution is -2.30. The molecule has 0 spiro atoms. The first-order valence-electron chi connectivity index (χ1n) is 30.2. The highest BCUT2D eigenvalue weighted by Gasteiger charge is 2.19. The van der Waals surface area contributed by atoms with Gasteiger partial charge in [0.25, 0.3) is 0 Å². The van der Waals surface area contributed by atoms with Crippen LogP contribution in [-0.2, 0) is 28.6 Å². The number of unbranched alkanes of at least 4 members (excludes halogenated alkanes) is 43. The fraction of sp³-hybridized carbons (Fsp3) is 0.918. The van der Waals surface area contributed by atoms with Crippen LogP contribution < -0.4 is 0 Å². The van der Waals surface area contributed by atoms with Crippen LogP contribution in [-0.4, -0.2) is 37.2 Å². The summed E-state index contributed by atoms with van der Waals surface area (Å²) in [5, 5.41) is 0. The Balaban J connectivity index is 4.24. The van der Waals surface area contributed by atoms with Crippen molar-refractivity contribution in [2.24, 2.45) is 0 Å². The van der Waals surface area contributed by atoms with E-state index in [9.17, 15) is 14.4 Å². The number of hydrogen-bond acceptors (Lipinski definition) is 6. The monoisotopic (exact) mass is 945 g/mol. The lowest BCUT2D eigenvalue weighted by atomic mass is 10.0. The maximum absolute atomic E-state index is 12.9. The molecule has 1 unspecified atom stereocenters. The van der Waals surface area contributed by atoms with E-state index in [4.69, 9.17) is 14.2 Å². The molecule has 67 heavy (non-hydrogen) atoms. The Hall–Kier alpha value is -1.85. The molecule has 0 saturated carbocycles. The molecule has 0 aromatic carbocycles. The first-order chi connectivity index (χ1) is 33.0. The SMILES string of the molecule is CCCC/C=C\CCCCCCCC(=O)OCC(COC(=O)CCCCCCCCCCCCCCCCCCCCC)OC(=O)CCCCCCCCCCCCCCCCCCCCC. The fourth-order valence-electron chi connectivity index (χ4n) is 9.19. The zero-order valence-electron chi connectivity index (χ0n) is 45.5. The van der Waals surface area contributed by atoms with Gasteiger partial charge in [0.05, 0.1) is 0 Å². The second-order valence-corrected chi connectivity index (χ2v) is 20.6. The van der Waals surface area contributed by atoms with Crippen molar-refractivity contribution >= 4 is 17.9 Å². The number of carbonyl (C=O) groups is 3. The minimum atomic E-state index is -0.767. The Labute approximate surface area is 418 Å². The first-order valence-corrected chi connectivity index (χ1v) is 30.2. The van der Waals surface area contributed by atoms with Crippen LogP contribution in [0.2, 0.25) is 0 Å². The van der Waals surface area contributed by atoms with Crippen LogP contribution in [0.1, 0.15) is 342 Å². The molecule has 0 amide bonds. The molecule has 1 atom stereocenters. The van der Waals surface area contributed by atoms with Gasteiger partial charge in [-0.3, -0.25) is 14.4 Å². The standard InChI is InChI=1S/C61H116O6/c1-4-7-10-13-16-19-22-24-26-28-30-32-34-36-39-42-45-48-51-54-60(63)66-57-58(56-65-59(62)53-50-47-44-41-38-21-18-15-12-9-6-3)67-61(64)55-52-49-46-43-40-37-35-33-31-29-27-25-23-20-17-14-11-8-5-2/h15,18,58H,4-14,16-17,19-57H2,1-3H3/b18-15-. The average Bonchev–Trinajstić information content (AvgIpc) is 3.33. The quantitative estimate of drug-likeness (QED) is 0.0262. The van der Waals surface area contributed by atoms with Gasteiger partial charge in [0.2, 0.25) is 0 Å². The molecule has 6 nitrogen and oxygen atoms in total. The van der Waals surface area contributed by atoms with Gasteiger partial charge in [-0.15, -0.1) is 0 Å². The fourth-order valence-corrected chi connectivity index (χ4v) is 9.19. The van der Waals surface area contributed by atoms with E-state index in [0.29, 0.717) is 19.3 Å². The van der Waals surface area contributed by atoms with Gasteiger partial charge in [-0.1, -0.05) is 296 Å².